The molecule has 0 aliphatic carbocycles. The van der Waals surface area contributed by atoms with E-state index in [1.807, 2.05) is 35.0 Å². The lowest BCUT2D eigenvalue weighted by molar-refractivity contribution is -0.116. The SMILES string of the molecule is O=C(Cn1ccc2c(Br)cccc21)Nc1ccc(O)cc1. The molecule has 3 aromatic rings. The van der Waals surface area contributed by atoms with E-state index in [0.29, 0.717) is 5.69 Å². The maximum absolute atomic E-state index is 12.1. The molecule has 0 aliphatic rings. The summed E-state index contributed by atoms with van der Waals surface area (Å²) >= 11 is 3.50. The highest BCUT2D eigenvalue weighted by Gasteiger charge is 2.08. The van der Waals surface area contributed by atoms with Gasteiger partial charge >= 0.3 is 0 Å². The van der Waals surface area contributed by atoms with Gasteiger partial charge in [0.15, 0.2) is 0 Å². The third-order valence-electron chi connectivity index (χ3n) is 3.23. The Morgan fingerprint density at radius 1 is 1.14 bits per heavy atom. The van der Waals surface area contributed by atoms with Crippen molar-refractivity contribution in [3.05, 3.63) is 59.2 Å². The number of nitrogens with zero attached hydrogens (tertiary/aromatic N) is 1. The lowest BCUT2D eigenvalue weighted by Crippen LogP contribution is -2.18. The van der Waals surface area contributed by atoms with Gasteiger partial charge in [0.2, 0.25) is 5.91 Å². The zero-order valence-corrected chi connectivity index (χ0v) is 12.7. The molecule has 0 saturated heterocycles. The molecule has 0 radical (unpaired) electrons. The average Bonchev–Trinajstić information content (AvgIpc) is 2.86. The Balaban J connectivity index is 1.77. The maximum atomic E-state index is 12.1. The van der Waals surface area contributed by atoms with Crippen molar-refractivity contribution in [3.8, 4) is 5.75 Å². The number of benzene rings is 2. The number of carbonyl (C=O) groups is 1. The van der Waals surface area contributed by atoms with E-state index in [1.54, 1.807) is 12.1 Å². The molecule has 106 valence electrons. The number of hydrogen-bond acceptors (Lipinski definition) is 2. The van der Waals surface area contributed by atoms with Gasteiger partial charge in [0, 0.05) is 27.3 Å². The van der Waals surface area contributed by atoms with Crippen LogP contribution in [0.2, 0.25) is 0 Å². The van der Waals surface area contributed by atoms with Crippen molar-refractivity contribution in [2.45, 2.75) is 6.54 Å². The number of aromatic nitrogens is 1. The second kappa shape index (κ2) is 5.61. The first-order valence-electron chi connectivity index (χ1n) is 6.46. The smallest absolute Gasteiger partial charge is 0.244 e. The van der Waals surface area contributed by atoms with Crippen molar-refractivity contribution < 1.29 is 9.90 Å². The predicted octanol–water partition coefficient (Wildman–Crippen LogP) is 3.75. The maximum Gasteiger partial charge on any atom is 0.244 e. The molecule has 1 heterocycles. The van der Waals surface area contributed by atoms with Gasteiger partial charge in [0.25, 0.3) is 0 Å². The molecule has 0 atom stereocenters. The van der Waals surface area contributed by atoms with Crippen LogP contribution in [0.5, 0.6) is 5.75 Å². The van der Waals surface area contributed by atoms with Gasteiger partial charge in [-0.25, -0.2) is 0 Å². The zero-order chi connectivity index (χ0) is 14.8. The second-order valence-electron chi connectivity index (χ2n) is 4.71. The number of amides is 1. The number of fused-ring (bicyclic) bond motifs is 1. The van der Waals surface area contributed by atoms with Crippen LogP contribution in [0, 0.1) is 0 Å². The minimum Gasteiger partial charge on any atom is -0.508 e. The van der Waals surface area contributed by atoms with Crippen molar-refractivity contribution in [2.24, 2.45) is 0 Å². The summed E-state index contributed by atoms with van der Waals surface area (Å²) in [5.74, 6) is 0.0624. The lowest BCUT2D eigenvalue weighted by Gasteiger charge is -2.07. The highest BCUT2D eigenvalue weighted by Crippen LogP contribution is 2.24. The molecule has 4 nitrogen and oxygen atoms in total. The van der Waals surface area contributed by atoms with Crippen LogP contribution in [0.15, 0.2) is 59.2 Å². The van der Waals surface area contributed by atoms with Gasteiger partial charge in [-0.15, -0.1) is 0 Å². The number of anilines is 1. The molecule has 0 bridgehead atoms. The molecule has 3 rings (SSSR count). The molecule has 1 amide bonds. The molecular weight excluding hydrogens is 332 g/mol. The summed E-state index contributed by atoms with van der Waals surface area (Å²) in [4.78, 5) is 12.1. The van der Waals surface area contributed by atoms with Gasteiger partial charge in [-0.05, 0) is 42.5 Å². The van der Waals surface area contributed by atoms with Crippen LogP contribution in [0.3, 0.4) is 0 Å². The molecule has 2 aromatic carbocycles. The highest BCUT2D eigenvalue weighted by atomic mass is 79.9. The Bertz CT molecular complexity index is 794. The molecule has 0 unspecified atom stereocenters. The van der Waals surface area contributed by atoms with Gasteiger partial charge in [0.05, 0.1) is 0 Å². The van der Waals surface area contributed by atoms with E-state index < -0.39 is 0 Å². The number of aromatic hydroxyl groups is 1. The van der Waals surface area contributed by atoms with Crippen molar-refractivity contribution in [3.63, 3.8) is 0 Å². The normalized spacial score (nSPS) is 10.7. The molecule has 0 spiro atoms. The molecule has 2 N–H and O–H groups in total. The summed E-state index contributed by atoms with van der Waals surface area (Å²) in [6.07, 6.45) is 1.89. The van der Waals surface area contributed by atoms with Gasteiger partial charge in [0.1, 0.15) is 12.3 Å². The number of carbonyl (C=O) groups excluding carboxylic acids is 1. The average molecular weight is 345 g/mol. The largest absolute Gasteiger partial charge is 0.508 e. The molecule has 0 fully saturated rings. The summed E-state index contributed by atoms with van der Waals surface area (Å²) in [7, 11) is 0. The third-order valence-corrected chi connectivity index (χ3v) is 3.92. The summed E-state index contributed by atoms with van der Waals surface area (Å²) in [5.41, 5.74) is 1.67. The number of nitrogens with one attached hydrogen (secondary N) is 1. The van der Waals surface area contributed by atoms with E-state index in [2.05, 4.69) is 21.2 Å². The summed E-state index contributed by atoms with van der Waals surface area (Å²) in [5, 5.41) is 13.1. The van der Waals surface area contributed by atoms with E-state index in [-0.39, 0.29) is 18.2 Å². The molecule has 1 aromatic heterocycles. The van der Waals surface area contributed by atoms with E-state index in [9.17, 15) is 9.90 Å². The van der Waals surface area contributed by atoms with E-state index in [1.165, 1.54) is 12.1 Å². The van der Waals surface area contributed by atoms with Crippen LogP contribution < -0.4 is 5.32 Å². The first-order chi connectivity index (χ1) is 10.1. The molecule has 0 aliphatic heterocycles. The van der Waals surface area contributed by atoms with Crippen molar-refractivity contribution in [1.29, 1.82) is 0 Å². The first kappa shape index (κ1) is 13.7. The van der Waals surface area contributed by atoms with Crippen molar-refractivity contribution >= 4 is 38.4 Å². The Hall–Kier alpha value is -2.27. The summed E-state index contributed by atoms with van der Waals surface area (Å²) in [6, 6.07) is 14.3. The zero-order valence-electron chi connectivity index (χ0n) is 11.1. The van der Waals surface area contributed by atoms with E-state index >= 15 is 0 Å². The summed E-state index contributed by atoms with van der Waals surface area (Å²) < 4.78 is 2.91. The lowest BCUT2D eigenvalue weighted by atomic mass is 10.2. The minimum atomic E-state index is -0.113. The van der Waals surface area contributed by atoms with Crippen LogP contribution in [0.25, 0.3) is 10.9 Å². The Morgan fingerprint density at radius 2 is 1.90 bits per heavy atom. The fourth-order valence-electron chi connectivity index (χ4n) is 2.22. The van der Waals surface area contributed by atoms with Crippen LogP contribution in [-0.4, -0.2) is 15.6 Å². The monoisotopic (exact) mass is 344 g/mol. The quantitative estimate of drug-likeness (QED) is 0.711. The summed E-state index contributed by atoms with van der Waals surface area (Å²) in [6.45, 7) is 0.237. The van der Waals surface area contributed by atoms with Crippen LogP contribution >= 0.6 is 15.9 Å². The van der Waals surface area contributed by atoms with Crippen LogP contribution in [-0.2, 0) is 11.3 Å². The Kier molecular flexibility index (Phi) is 3.66. The fraction of sp³-hybridized carbons (Fsp3) is 0.0625. The number of hydrogen-bond donors (Lipinski definition) is 2. The number of phenols is 1. The van der Waals surface area contributed by atoms with Gasteiger partial charge < -0.3 is 15.0 Å². The van der Waals surface area contributed by atoms with Gasteiger partial charge in [-0.3, -0.25) is 4.79 Å². The van der Waals surface area contributed by atoms with Crippen molar-refractivity contribution in [1.82, 2.24) is 4.57 Å². The Labute approximate surface area is 130 Å². The Morgan fingerprint density at radius 3 is 2.67 bits per heavy atom. The number of halogens is 1. The van der Waals surface area contributed by atoms with Gasteiger partial charge in [-0.1, -0.05) is 22.0 Å². The van der Waals surface area contributed by atoms with E-state index in [0.717, 1.165) is 15.4 Å². The number of phenolic OH excluding ortho intramolecular Hbond substituents is 1. The molecule has 5 heteroatoms. The molecular formula is C16H13BrN2O2. The topological polar surface area (TPSA) is 54.3 Å². The fourth-order valence-corrected chi connectivity index (χ4v) is 2.71. The predicted molar refractivity (Wildman–Crippen MR) is 86.4 cm³/mol. The van der Waals surface area contributed by atoms with Gasteiger partial charge in [-0.2, -0.15) is 0 Å². The molecule has 21 heavy (non-hydrogen) atoms. The third kappa shape index (κ3) is 2.92. The first-order valence-corrected chi connectivity index (χ1v) is 7.25. The number of rotatable bonds is 3. The second-order valence-corrected chi connectivity index (χ2v) is 5.57. The highest BCUT2D eigenvalue weighted by molar-refractivity contribution is 9.10. The standard InChI is InChI=1S/C16H13BrN2O2/c17-14-2-1-3-15-13(14)8-9-19(15)10-16(21)18-11-4-6-12(20)7-5-11/h1-9,20H,10H2,(H,18,21). The van der Waals surface area contributed by atoms with Crippen LogP contribution in [0.4, 0.5) is 5.69 Å². The van der Waals surface area contributed by atoms with E-state index in [4.69, 9.17) is 0 Å². The molecule has 0 saturated carbocycles. The minimum absolute atomic E-state index is 0.113. The van der Waals surface area contributed by atoms with Crippen LogP contribution in [0.1, 0.15) is 0 Å². The van der Waals surface area contributed by atoms with Crippen molar-refractivity contribution in [2.75, 3.05) is 5.32 Å².